The maximum atomic E-state index is 11.5. The molecule has 2 rings (SSSR count). The number of carbonyl (C=O) groups excluding carboxylic acids is 2. The molecule has 0 N–H and O–H groups in total. The van der Waals surface area contributed by atoms with Crippen LogP contribution in [0.3, 0.4) is 0 Å². The van der Waals surface area contributed by atoms with Gasteiger partial charge in [-0.25, -0.2) is 14.3 Å². The molecule has 7 heteroatoms. The lowest BCUT2D eigenvalue weighted by Crippen LogP contribution is -2.05. The van der Waals surface area contributed by atoms with Gasteiger partial charge in [-0.2, -0.15) is 0 Å². The van der Waals surface area contributed by atoms with Crippen LogP contribution in [0, 0.1) is 0 Å². The SMILES string of the molecule is CCOC(=O)c1cn(-c2cccc(C(=O)OC)c2)nn1. The molecule has 0 aliphatic carbocycles. The standard InChI is InChI=1S/C13H13N3O4/c1-3-20-13(18)11-8-16(15-14-11)10-6-4-5-9(7-10)12(17)19-2/h4-8H,3H2,1-2H3. The first-order chi connectivity index (χ1) is 9.65. The fourth-order valence-electron chi connectivity index (χ4n) is 1.58. The van der Waals surface area contributed by atoms with E-state index in [1.165, 1.54) is 18.0 Å². The molecule has 0 saturated carbocycles. The highest BCUT2D eigenvalue weighted by atomic mass is 16.5. The summed E-state index contributed by atoms with van der Waals surface area (Å²) in [4.78, 5) is 23.0. The van der Waals surface area contributed by atoms with E-state index in [-0.39, 0.29) is 12.3 Å². The predicted octanol–water partition coefficient (Wildman–Crippen LogP) is 1.23. The zero-order valence-corrected chi connectivity index (χ0v) is 11.1. The van der Waals surface area contributed by atoms with Gasteiger partial charge >= 0.3 is 11.9 Å². The van der Waals surface area contributed by atoms with Gasteiger partial charge in [-0.3, -0.25) is 0 Å². The van der Waals surface area contributed by atoms with Crippen LogP contribution in [-0.2, 0) is 9.47 Å². The highest BCUT2D eigenvalue weighted by Crippen LogP contribution is 2.11. The summed E-state index contributed by atoms with van der Waals surface area (Å²) in [6.07, 6.45) is 1.44. The third-order valence-corrected chi connectivity index (χ3v) is 2.51. The first-order valence-electron chi connectivity index (χ1n) is 5.94. The molecule has 0 atom stereocenters. The molecular formula is C13H13N3O4. The number of carbonyl (C=O) groups is 2. The number of rotatable bonds is 4. The van der Waals surface area contributed by atoms with Gasteiger partial charge in [0.15, 0.2) is 5.69 Å². The molecule has 0 amide bonds. The molecule has 1 aromatic carbocycles. The Labute approximate surface area is 115 Å². The Morgan fingerprint density at radius 2 is 2.10 bits per heavy atom. The van der Waals surface area contributed by atoms with Gasteiger partial charge < -0.3 is 9.47 Å². The van der Waals surface area contributed by atoms with Crippen LogP contribution in [0.4, 0.5) is 0 Å². The number of hydrogen-bond acceptors (Lipinski definition) is 6. The smallest absolute Gasteiger partial charge is 0.360 e. The molecule has 0 saturated heterocycles. The minimum absolute atomic E-state index is 0.107. The molecule has 1 aromatic heterocycles. The second-order valence-electron chi connectivity index (χ2n) is 3.81. The number of nitrogens with zero attached hydrogens (tertiary/aromatic N) is 3. The highest BCUT2D eigenvalue weighted by molar-refractivity contribution is 5.90. The van der Waals surface area contributed by atoms with E-state index in [0.29, 0.717) is 11.3 Å². The first-order valence-corrected chi connectivity index (χ1v) is 5.94. The van der Waals surface area contributed by atoms with E-state index in [4.69, 9.17) is 4.74 Å². The van der Waals surface area contributed by atoms with Crippen LogP contribution in [0.15, 0.2) is 30.5 Å². The summed E-state index contributed by atoms with van der Waals surface area (Å²) in [7, 11) is 1.31. The van der Waals surface area contributed by atoms with Gasteiger partial charge in [0, 0.05) is 0 Å². The van der Waals surface area contributed by atoms with Gasteiger partial charge in [0.25, 0.3) is 0 Å². The molecule has 0 bridgehead atoms. The third-order valence-electron chi connectivity index (χ3n) is 2.51. The number of ether oxygens (including phenoxy) is 2. The van der Waals surface area contributed by atoms with Gasteiger partial charge in [0.1, 0.15) is 0 Å². The van der Waals surface area contributed by atoms with E-state index in [2.05, 4.69) is 15.0 Å². The Bertz CT molecular complexity index is 636. The highest BCUT2D eigenvalue weighted by Gasteiger charge is 2.13. The maximum Gasteiger partial charge on any atom is 0.360 e. The summed E-state index contributed by atoms with van der Waals surface area (Å²) >= 11 is 0. The molecule has 0 aliphatic rings. The van der Waals surface area contributed by atoms with Crippen molar-refractivity contribution in [2.45, 2.75) is 6.92 Å². The zero-order chi connectivity index (χ0) is 14.5. The van der Waals surface area contributed by atoms with Crippen molar-refractivity contribution in [2.24, 2.45) is 0 Å². The van der Waals surface area contributed by atoms with Crippen molar-refractivity contribution in [3.05, 3.63) is 41.7 Å². The van der Waals surface area contributed by atoms with E-state index in [1.807, 2.05) is 0 Å². The largest absolute Gasteiger partial charge is 0.465 e. The molecule has 20 heavy (non-hydrogen) atoms. The number of benzene rings is 1. The Balaban J connectivity index is 2.28. The predicted molar refractivity (Wildman–Crippen MR) is 68.7 cm³/mol. The Kier molecular flexibility index (Phi) is 4.09. The van der Waals surface area contributed by atoms with Crippen LogP contribution in [0.25, 0.3) is 5.69 Å². The molecule has 0 spiro atoms. The molecule has 0 radical (unpaired) electrons. The normalized spacial score (nSPS) is 10.1. The topological polar surface area (TPSA) is 83.3 Å². The van der Waals surface area contributed by atoms with E-state index < -0.39 is 11.9 Å². The second-order valence-corrected chi connectivity index (χ2v) is 3.81. The Morgan fingerprint density at radius 1 is 1.30 bits per heavy atom. The average Bonchev–Trinajstić information content (AvgIpc) is 2.97. The van der Waals surface area contributed by atoms with Crippen molar-refractivity contribution in [1.29, 1.82) is 0 Å². The van der Waals surface area contributed by atoms with Crippen LogP contribution in [-0.4, -0.2) is 40.6 Å². The summed E-state index contributed by atoms with van der Waals surface area (Å²) in [5.74, 6) is -0.986. The zero-order valence-electron chi connectivity index (χ0n) is 11.1. The van der Waals surface area contributed by atoms with Crippen molar-refractivity contribution >= 4 is 11.9 Å². The van der Waals surface area contributed by atoms with E-state index in [1.54, 1.807) is 31.2 Å². The van der Waals surface area contributed by atoms with Crippen LogP contribution in [0.5, 0.6) is 0 Å². The van der Waals surface area contributed by atoms with Gasteiger partial charge in [0.05, 0.1) is 31.2 Å². The average molecular weight is 275 g/mol. The lowest BCUT2D eigenvalue weighted by Gasteiger charge is -2.03. The number of esters is 2. The van der Waals surface area contributed by atoms with Gasteiger partial charge in [-0.15, -0.1) is 5.10 Å². The molecule has 2 aromatic rings. The first kappa shape index (κ1) is 13.7. The fraction of sp³-hybridized carbons (Fsp3) is 0.231. The maximum absolute atomic E-state index is 11.5. The molecule has 1 heterocycles. The van der Waals surface area contributed by atoms with Crippen molar-refractivity contribution in [3.63, 3.8) is 0 Å². The fourth-order valence-corrected chi connectivity index (χ4v) is 1.58. The van der Waals surface area contributed by atoms with Crippen LogP contribution in [0.1, 0.15) is 27.8 Å². The second kappa shape index (κ2) is 5.96. The summed E-state index contributed by atoms with van der Waals surface area (Å²) < 4.78 is 10.9. The minimum Gasteiger partial charge on any atom is -0.465 e. The molecule has 104 valence electrons. The Hall–Kier alpha value is -2.70. The molecule has 0 unspecified atom stereocenters. The third kappa shape index (κ3) is 2.82. The molecule has 7 nitrogen and oxygen atoms in total. The van der Waals surface area contributed by atoms with E-state index >= 15 is 0 Å². The van der Waals surface area contributed by atoms with Crippen molar-refractivity contribution < 1.29 is 19.1 Å². The number of hydrogen-bond donors (Lipinski definition) is 0. The van der Waals surface area contributed by atoms with Crippen molar-refractivity contribution in [3.8, 4) is 5.69 Å². The lowest BCUT2D eigenvalue weighted by atomic mass is 10.2. The lowest BCUT2D eigenvalue weighted by molar-refractivity contribution is 0.0518. The summed E-state index contributed by atoms with van der Waals surface area (Å²) in [6.45, 7) is 1.98. The summed E-state index contributed by atoms with van der Waals surface area (Å²) in [5.41, 5.74) is 1.09. The number of aromatic nitrogens is 3. The monoisotopic (exact) mass is 275 g/mol. The molecule has 0 aliphatic heterocycles. The quantitative estimate of drug-likeness (QED) is 0.780. The van der Waals surface area contributed by atoms with Gasteiger partial charge in [0.2, 0.25) is 0 Å². The Morgan fingerprint density at radius 3 is 2.80 bits per heavy atom. The van der Waals surface area contributed by atoms with Crippen molar-refractivity contribution in [2.75, 3.05) is 13.7 Å². The minimum atomic E-state index is -0.539. The summed E-state index contributed by atoms with van der Waals surface area (Å²) in [6, 6.07) is 6.64. The number of methoxy groups -OCH3 is 1. The van der Waals surface area contributed by atoms with Crippen LogP contribution >= 0.6 is 0 Å². The van der Waals surface area contributed by atoms with Crippen LogP contribution in [0.2, 0.25) is 0 Å². The van der Waals surface area contributed by atoms with Crippen LogP contribution < -0.4 is 0 Å². The molecular weight excluding hydrogens is 262 g/mol. The molecule has 0 fully saturated rings. The summed E-state index contributed by atoms with van der Waals surface area (Å²) in [5, 5.41) is 7.56. The van der Waals surface area contributed by atoms with E-state index in [0.717, 1.165) is 0 Å². The van der Waals surface area contributed by atoms with E-state index in [9.17, 15) is 9.59 Å². The van der Waals surface area contributed by atoms with Crippen molar-refractivity contribution in [1.82, 2.24) is 15.0 Å². The van der Waals surface area contributed by atoms with Gasteiger partial charge in [-0.05, 0) is 25.1 Å². The van der Waals surface area contributed by atoms with Gasteiger partial charge in [-0.1, -0.05) is 11.3 Å².